The maximum absolute atomic E-state index is 11.3. The Bertz CT molecular complexity index is 480. The zero-order valence-electron chi connectivity index (χ0n) is 9.67. The molecular formula is C9H13N5O3S. The minimum Gasteiger partial charge on any atom is -0.460 e. The number of nitrogen functional groups attached to an aromatic ring is 3. The van der Waals surface area contributed by atoms with Crippen molar-refractivity contribution < 1.29 is 14.3 Å². The Hall–Kier alpha value is -2.03. The first-order chi connectivity index (χ1) is 8.45. The van der Waals surface area contributed by atoms with Gasteiger partial charge in [0.25, 0.3) is 0 Å². The highest BCUT2D eigenvalue weighted by atomic mass is 32.2. The minimum absolute atomic E-state index is 0.0357. The number of rotatable bonds is 5. The predicted octanol–water partition coefficient (Wildman–Crippen LogP) is -0.552. The van der Waals surface area contributed by atoms with Crippen molar-refractivity contribution >= 4 is 41.0 Å². The maximum atomic E-state index is 11.3. The molecule has 8 nitrogen and oxygen atoms in total. The van der Waals surface area contributed by atoms with E-state index in [1.807, 2.05) is 0 Å². The SMILES string of the molecule is CCOC(=O)C(=O)CSc1nc(N)nc(N)c1N. The monoisotopic (exact) mass is 271 g/mol. The fraction of sp³-hybridized carbons (Fsp3) is 0.333. The molecule has 0 aliphatic carbocycles. The molecule has 0 aliphatic heterocycles. The number of nitrogens with two attached hydrogens (primary N) is 3. The molecule has 0 bridgehead atoms. The van der Waals surface area contributed by atoms with E-state index in [9.17, 15) is 9.59 Å². The number of ketones is 1. The van der Waals surface area contributed by atoms with E-state index in [2.05, 4.69) is 14.7 Å². The molecule has 6 N–H and O–H groups in total. The van der Waals surface area contributed by atoms with Crippen LogP contribution in [0.5, 0.6) is 0 Å². The fourth-order valence-corrected chi connectivity index (χ4v) is 1.80. The van der Waals surface area contributed by atoms with Gasteiger partial charge in [-0.05, 0) is 6.92 Å². The van der Waals surface area contributed by atoms with Crippen LogP contribution in [0.3, 0.4) is 0 Å². The Kier molecular flexibility index (Phi) is 4.72. The van der Waals surface area contributed by atoms with Crippen LogP contribution in [0.15, 0.2) is 5.03 Å². The molecule has 18 heavy (non-hydrogen) atoms. The summed E-state index contributed by atoms with van der Waals surface area (Å²) < 4.78 is 4.55. The van der Waals surface area contributed by atoms with Crippen molar-refractivity contribution in [2.75, 3.05) is 29.6 Å². The molecule has 0 aromatic carbocycles. The van der Waals surface area contributed by atoms with Gasteiger partial charge >= 0.3 is 5.97 Å². The van der Waals surface area contributed by atoms with Gasteiger partial charge in [0.15, 0.2) is 5.82 Å². The first-order valence-electron chi connectivity index (χ1n) is 4.96. The van der Waals surface area contributed by atoms with Gasteiger partial charge in [-0.1, -0.05) is 11.8 Å². The quantitative estimate of drug-likeness (QED) is 0.277. The molecule has 0 saturated carbocycles. The third-order valence-electron chi connectivity index (χ3n) is 1.80. The highest BCUT2D eigenvalue weighted by Gasteiger charge is 2.17. The summed E-state index contributed by atoms with van der Waals surface area (Å²) in [6.07, 6.45) is 0. The summed E-state index contributed by atoms with van der Waals surface area (Å²) in [4.78, 5) is 29.9. The van der Waals surface area contributed by atoms with Gasteiger partial charge in [0.2, 0.25) is 11.7 Å². The molecule has 0 unspecified atom stereocenters. The molecule has 0 aliphatic rings. The molecular weight excluding hydrogens is 258 g/mol. The van der Waals surface area contributed by atoms with Crippen LogP contribution in [0, 0.1) is 0 Å². The van der Waals surface area contributed by atoms with Crippen molar-refractivity contribution in [1.82, 2.24) is 9.97 Å². The smallest absolute Gasteiger partial charge is 0.375 e. The average Bonchev–Trinajstić information content (AvgIpc) is 2.31. The second-order valence-corrected chi connectivity index (χ2v) is 4.08. The Balaban J connectivity index is 2.69. The van der Waals surface area contributed by atoms with E-state index in [4.69, 9.17) is 17.2 Å². The van der Waals surface area contributed by atoms with Crippen molar-refractivity contribution in [3.8, 4) is 0 Å². The molecule has 0 atom stereocenters. The Morgan fingerprint density at radius 3 is 2.56 bits per heavy atom. The lowest BCUT2D eigenvalue weighted by Crippen LogP contribution is -2.19. The van der Waals surface area contributed by atoms with Gasteiger partial charge in [-0.3, -0.25) is 4.79 Å². The number of esters is 1. The van der Waals surface area contributed by atoms with E-state index in [1.54, 1.807) is 6.92 Å². The zero-order chi connectivity index (χ0) is 13.7. The van der Waals surface area contributed by atoms with E-state index in [0.717, 1.165) is 11.8 Å². The second kappa shape index (κ2) is 6.05. The average molecular weight is 271 g/mol. The molecule has 0 amide bonds. The lowest BCUT2D eigenvalue weighted by atomic mass is 10.5. The third-order valence-corrected chi connectivity index (χ3v) is 2.79. The summed E-state index contributed by atoms with van der Waals surface area (Å²) in [5.74, 6) is -1.74. The van der Waals surface area contributed by atoms with Gasteiger partial charge in [-0.2, -0.15) is 4.98 Å². The highest BCUT2D eigenvalue weighted by molar-refractivity contribution is 8.00. The lowest BCUT2D eigenvalue weighted by molar-refractivity contribution is -0.152. The number of hydrogen-bond donors (Lipinski definition) is 3. The van der Waals surface area contributed by atoms with Crippen LogP contribution in [0.4, 0.5) is 17.5 Å². The largest absolute Gasteiger partial charge is 0.460 e. The number of nitrogens with zero attached hydrogens (tertiary/aromatic N) is 2. The number of aromatic nitrogens is 2. The van der Waals surface area contributed by atoms with Crippen LogP contribution >= 0.6 is 11.8 Å². The van der Waals surface area contributed by atoms with Crippen molar-refractivity contribution in [3.05, 3.63) is 0 Å². The summed E-state index contributed by atoms with van der Waals surface area (Å²) in [6, 6.07) is 0. The summed E-state index contributed by atoms with van der Waals surface area (Å²) in [5, 5.41) is 0.262. The molecule has 1 rings (SSSR count). The zero-order valence-corrected chi connectivity index (χ0v) is 10.5. The van der Waals surface area contributed by atoms with E-state index in [1.165, 1.54) is 0 Å². The molecule has 0 fully saturated rings. The Morgan fingerprint density at radius 1 is 1.28 bits per heavy atom. The van der Waals surface area contributed by atoms with Crippen LogP contribution in [-0.2, 0) is 14.3 Å². The maximum Gasteiger partial charge on any atom is 0.375 e. The highest BCUT2D eigenvalue weighted by Crippen LogP contribution is 2.26. The van der Waals surface area contributed by atoms with Crippen molar-refractivity contribution in [2.45, 2.75) is 11.9 Å². The Morgan fingerprint density at radius 2 is 1.94 bits per heavy atom. The number of Topliss-reactive ketones (excluding diaryl/α,β-unsaturated/α-hetero) is 1. The van der Waals surface area contributed by atoms with Crippen LogP contribution in [0.2, 0.25) is 0 Å². The lowest BCUT2D eigenvalue weighted by Gasteiger charge is -2.06. The van der Waals surface area contributed by atoms with Gasteiger partial charge in [0.1, 0.15) is 10.7 Å². The number of anilines is 3. The first-order valence-corrected chi connectivity index (χ1v) is 5.95. The molecule has 98 valence electrons. The predicted molar refractivity (Wildman–Crippen MR) is 67.6 cm³/mol. The Labute approximate surface area is 107 Å². The van der Waals surface area contributed by atoms with E-state index in [0.29, 0.717) is 0 Å². The number of ether oxygens (including phenoxy) is 1. The van der Waals surface area contributed by atoms with Crippen molar-refractivity contribution in [1.29, 1.82) is 0 Å². The van der Waals surface area contributed by atoms with Gasteiger partial charge < -0.3 is 21.9 Å². The van der Waals surface area contributed by atoms with Crippen molar-refractivity contribution in [2.24, 2.45) is 0 Å². The summed E-state index contributed by atoms with van der Waals surface area (Å²) in [7, 11) is 0. The number of carbonyl (C=O) groups excluding carboxylic acids is 2. The van der Waals surface area contributed by atoms with Crippen LogP contribution in [0.1, 0.15) is 6.92 Å². The van der Waals surface area contributed by atoms with Gasteiger partial charge in [0.05, 0.1) is 12.4 Å². The second-order valence-electron chi connectivity index (χ2n) is 3.12. The standard InChI is InChI=1S/C9H13N5O3S/c1-2-17-8(16)4(15)3-18-7-5(10)6(11)13-9(12)14-7/h2-3,10H2,1H3,(H4,11,12,13,14). The molecule has 0 radical (unpaired) electrons. The molecule has 1 aromatic heterocycles. The van der Waals surface area contributed by atoms with Crippen molar-refractivity contribution in [3.63, 3.8) is 0 Å². The number of thioether (sulfide) groups is 1. The van der Waals surface area contributed by atoms with E-state index >= 15 is 0 Å². The summed E-state index contributed by atoms with van der Waals surface area (Å²) in [5.41, 5.74) is 16.6. The van der Waals surface area contributed by atoms with E-state index in [-0.39, 0.29) is 34.8 Å². The molecule has 1 heterocycles. The topological polar surface area (TPSA) is 147 Å². The third kappa shape index (κ3) is 3.48. The van der Waals surface area contributed by atoms with Crippen LogP contribution in [-0.4, -0.2) is 34.1 Å². The number of carbonyl (C=O) groups is 2. The summed E-state index contributed by atoms with van der Waals surface area (Å²) in [6.45, 7) is 1.76. The molecule has 1 aromatic rings. The summed E-state index contributed by atoms with van der Waals surface area (Å²) >= 11 is 0.951. The molecule has 0 spiro atoms. The fourth-order valence-electron chi connectivity index (χ4n) is 0.997. The normalized spacial score (nSPS) is 10.1. The van der Waals surface area contributed by atoms with Crippen LogP contribution < -0.4 is 17.2 Å². The van der Waals surface area contributed by atoms with Gasteiger partial charge in [-0.25, -0.2) is 9.78 Å². The van der Waals surface area contributed by atoms with Crippen LogP contribution in [0.25, 0.3) is 0 Å². The number of hydrogen-bond acceptors (Lipinski definition) is 9. The molecule has 9 heteroatoms. The minimum atomic E-state index is -0.890. The first kappa shape index (κ1) is 14.0. The van der Waals surface area contributed by atoms with E-state index < -0.39 is 11.8 Å². The van der Waals surface area contributed by atoms with Gasteiger partial charge in [0, 0.05) is 0 Å². The van der Waals surface area contributed by atoms with Gasteiger partial charge in [-0.15, -0.1) is 0 Å². The molecule has 0 saturated heterocycles.